The topological polar surface area (TPSA) is 102 Å². The molecule has 2 aromatic heterocycles. The predicted molar refractivity (Wildman–Crippen MR) is 206 cm³/mol. The number of amides is 1. The van der Waals surface area contributed by atoms with Gasteiger partial charge in [0.05, 0.1) is 41.3 Å². The van der Waals surface area contributed by atoms with Crippen molar-refractivity contribution in [1.29, 1.82) is 5.26 Å². The van der Waals surface area contributed by atoms with E-state index < -0.39 is 0 Å². The van der Waals surface area contributed by atoms with Gasteiger partial charge >= 0.3 is 6.01 Å². The van der Waals surface area contributed by atoms with Crippen LogP contribution in [0.15, 0.2) is 79.5 Å². The normalized spacial score (nSPS) is 19.1. The van der Waals surface area contributed by atoms with Crippen LogP contribution in [-0.2, 0) is 17.8 Å². The summed E-state index contributed by atoms with van der Waals surface area (Å²) in [5.74, 6) is 0.638. The Morgan fingerprint density at radius 3 is 2.65 bits per heavy atom. The van der Waals surface area contributed by atoms with Crippen LogP contribution in [-0.4, -0.2) is 89.1 Å². The molecule has 5 aromatic rings. The van der Waals surface area contributed by atoms with Gasteiger partial charge in [0.15, 0.2) is 0 Å². The van der Waals surface area contributed by atoms with E-state index in [1.165, 1.54) is 0 Å². The third kappa shape index (κ3) is 6.51. The van der Waals surface area contributed by atoms with Gasteiger partial charge in [-0.3, -0.25) is 9.78 Å². The molecule has 2 saturated heterocycles. The molecule has 3 aromatic carbocycles. The molecular formula is C41H41ClN8O2. The number of pyridine rings is 1. The highest BCUT2D eigenvalue weighted by molar-refractivity contribution is 6.36. The third-order valence-corrected chi connectivity index (χ3v) is 11.2. The minimum Gasteiger partial charge on any atom is -0.462 e. The van der Waals surface area contributed by atoms with Gasteiger partial charge in [0.1, 0.15) is 12.4 Å². The number of benzene rings is 3. The lowest BCUT2D eigenvalue weighted by Crippen LogP contribution is -2.56. The van der Waals surface area contributed by atoms with Crippen LogP contribution < -0.4 is 14.5 Å². The van der Waals surface area contributed by atoms with E-state index in [4.69, 9.17) is 26.3 Å². The number of carbonyl (C=O) groups excluding carboxylic acids is 1. The second kappa shape index (κ2) is 14.4. The number of aromatic nitrogens is 3. The minimum absolute atomic E-state index is 0.184. The fourth-order valence-electron chi connectivity index (χ4n) is 7.95. The summed E-state index contributed by atoms with van der Waals surface area (Å²) in [6, 6.07) is 24.7. The zero-order valence-corrected chi connectivity index (χ0v) is 30.1. The minimum atomic E-state index is -0.351. The third-order valence-electron chi connectivity index (χ3n) is 10.8. The maximum absolute atomic E-state index is 14.0. The molecule has 52 heavy (non-hydrogen) atoms. The second-order valence-corrected chi connectivity index (χ2v) is 14.4. The standard InChI is InChI=1S/C41H41ClN8O2/c1-27(30-22-29-8-3-4-13-35(29)44-23-30)40(51)50-21-20-49(24-31(50)15-17-43)39-33-16-19-48(37-14-6-10-28-9-5-12-34(42)38(28)37)25-36(33)45-41(46-39)52-26-32-11-7-18-47(32)2/h3-6,8-10,12-14,22-23,31-32H,1,7,11,15-16,18-21,24-26H2,2H3/t31-,32-/m0/s1. The lowest BCUT2D eigenvalue weighted by molar-refractivity contribution is -0.127. The maximum Gasteiger partial charge on any atom is 0.318 e. The van der Waals surface area contributed by atoms with Crippen LogP contribution in [0.5, 0.6) is 6.01 Å². The SMILES string of the molecule is C=C(C(=O)N1CCN(c2nc(OC[C@@H]3CCCN3C)nc3c2CCN(c2cccc4cccc(Cl)c24)C3)C[C@@H]1CC#N)c1cnc2ccccc2c1. The number of halogens is 1. The van der Waals surface area contributed by atoms with Gasteiger partial charge in [-0.2, -0.15) is 15.2 Å². The summed E-state index contributed by atoms with van der Waals surface area (Å²) in [7, 11) is 2.13. The largest absolute Gasteiger partial charge is 0.462 e. The molecule has 10 nitrogen and oxygen atoms in total. The van der Waals surface area contributed by atoms with Crippen LogP contribution in [0.4, 0.5) is 11.5 Å². The van der Waals surface area contributed by atoms with E-state index in [0.717, 1.165) is 81.8 Å². The smallest absolute Gasteiger partial charge is 0.318 e. The summed E-state index contributed by atoms with van der Waals surface area (Å²) in [5.41, 5.74) is 4.98. The summed E-state index contributed by atoms with van der Waals surface area (Å²) in [4.78, 5) is 37.3. The van der Waals surface area contributed by atoms with Gasteiger partial charge in [0.2, 0.25) is 0 Å². The van der Waals surface area contributed by atoms with E-state index in [-0.39, 0.29) is 18.4 Å². The average Bonchev–Trinajstić information content (AvgIpc) is 3.59. The molecule has 2 fully saturated rings. The van der Waals surface area contributed by atoms with Crippen LogP contribution in [0.25, 0.3) is 27.2 Å². The number of piperazine rings is 1. The number of likely N-dealkylation sites (tertiary alicyclic amines) is 1. The molecule has 1 amide bonds. The Morgan fingerprint density at radius 2 is 1.83 bits per heavy atom. The number of anilines is 2. The molecule has 3 aliphatic heterocycles. The molecule has 3 aliphatic rings. The van der Waals surface area contributed by atoms with E-state index in [0.29, 0.717) is 56.0 Å². The second-order valence-electron chi connectivity index (χ2n) is 14.0. The van der Waals surface area contributed by atoms with Gasteiger partial charge in [-0.25, -0.2) is 0 Å². The molecule has 0 aliphatic carbocycles. The molecule has 0 N–H and O–H groups in total. The lowest BCUT2D eigenvalue weighted by Gasteiger charge is -2.42. The number of ether oxygens (including phenoxy) is 1. The summed E-state index contributed by atoms with van der Waals surface area (Å²) in [6.45, 7) is 8.53. The van der Waals surface area contributed by atoms with Crippen molar-refractivity contribution in [3.05, 3.63) is 101 Å². The van der Waals surface area contributed by atoms with E-state index in [1.807, 2.05) is 42.5 Å². The van der Waals surface area contributed by atoms with Crippen molar-refractivity contribution in [2.24, 2.45) is 0 Å². The highest BCUT2D eigenvalue weighted by atomic mass is 35.5. The Balaban J connectivity index is 1.08. The number of likely N-dealkylation sites (N-methyl/N-ethyl adjacent to an activating group) is 1. The molecule has 0 spiro atoms. The number of fused-ring (bicyclic) bond motifs is 3. The predicted octanol–water partition coefficient (Wildman–Crippen LogP) is 6.51. The van der Waals surface area contributed by atoms with Crippen molar-refractivity contribution < 1.29 is 9.53 Å². The molecule has 0 unspecified atom stereocenters. The summed E-state index contributed by atoms with van der Waals surface area (Å²) < 4.78 is 6.37. The summed E-state index contributed by atoms with van der Waals surface area (Å²) in [5, 5.41) is 13.7. The van der Waals surface area contributed by atoms with Crippen LogP contribution in [0.2, 0.25) is 5.02 Å². The number of carbonyl (C=O) groups is 1. The zero-order valence-electron chi connectivity index (χ0n) is 29.3. The van der Waals surface area contributed by atoms with E-state index >= 15 is 0 Å². The van der Waals surface area contributed by atoms with Gasteiger partial charge in [0, 0.05) is 71.6 Å². The van der Waals surface area contributed by atoms with Crippen molar-refractivity contribution >= 4 is 56.3 Å². The van der Waals surface area contributed by atoms with Crippen LogP contribution >= 0.6 is 11.6 Å². The van der Waals surface area contributed by atoms with Gasteiger partial charge < -0.3 is 24.3 Å². The van der Waals surface area contributed by atoms with Gasteiger partial charge in [0.25, 0.3) is 5.91 Å². The van der Waals surface area contributed by atoms with E-state index in [2.05, 4.69) is 63.6 Å². The zero-order chi connectivity index (χ0) is 35.8. The molecule has 8 rings (SSSR count). The highest BCUT2D eigenvalue weighted by Gasteiger charge is 2.35. The first-order valence-corrected chi connectivity index (χ1v) is 18.4. The molecule has 264 valence electrons. The number of hydrogen-bond acceptors (Lipinski definition) is 9. The maximum atomic E-state index is 14.0. The van der Waals surface area contributed by atoms with Gasteiger partial charge in [-0.05, 0) is 62.5 Å². The van der Waals surface area contributed by atoms with Crippen LogP contribution in [0, 0.1) is 11.3 Å². The Labute approximate surface area is 308 Å². The highest BCUT2D eigenvalue weighted by Crippen LogP contribution is 2.37. The van der Waals surface area contributed by atoms with Crippen molar-refractivity contribution in [2.45, 2.75) is 44.3 Å². The van der Waals surface area contributed by atoms with E-state index in [1.54, 1.807) is 11.1 Å². The first-order valence-electron chi connectivity index (χ1n) is 18.0. The van der Waals surface area contributed by atoms with Gasteiger partial charge in [-0.15, -0.1) is 0 Å². The number of nitrogens with zero attached hydrogens (tertiary/aromatic N) is 8. The molecule has 0 saturated carbocycles. The average molecular weight is 713 g/mol. The molecule has 2 atom stereocenters. The van der Waals surface area contributed by atoms with Crippen molar-refractivity contribution in [1.82, 2.24) is 24.8 Å². The molecule has 0 bridgehead atoms. The summed E-state index contributed by atoms with van der Waals surface area (Å²) in [6.07, 6.45) is 4.84. The Kier molecular flexibility index (Phi) is 9.39. The van der Waals surface area contributed by atoms with Crippen molar-refractivity contribution in [2.75, 3.05) is 56.2 Å². The molecule has 11 heteroatoms. The fourth-order valence-corrected chi connectivity index (χ4v) is 8.23. The molecule has 5 heterocycles. The van der Waals surface area contributed by atoms with Crippen LogP contribution in [0.3, 0.4) is 0 Å². The summed E-state index contributed by atoms with van der Waals surface area (Å²) >= 11 is 6.76. The first-order chi connectivity index (χ1) is 25.4. The monoisotopic (exact) mass is 712 g/mol. The molecular weight excluding hydrogens is 672 g/mol. The van der Waals surface area contributed by atoms with Crippen molar-refractivity contribution in [3.63, 3.8) is 0 Å². The van der Waals surface area contributed by atoms with E-state index in [9.17, 15) is 10.1 Å². The quantitative estimate of drug-likeness (QED) is 0.167. The van der Waals surface area contributed by atoms with Gasteiger partial charge in [-0.1, -0.05) is 60.6 Å². The Morgan fingerprint density at radius 1 is 1.00 bits per heavy atom. The lowest BCUT2D eigenvalue weighted by atomic mass is 10.00. The number of hydrogen-bond donors (Lipinski definition) is 0. The first kappa shape index (κ1) is 33.9. The Bertz CT molecular complexity index is 2210. The molecule has 0 radical (unpaired) electrons. The Hall–Kier alpha value is -5.24. The van der Waals surface area contributed by atoms with Crippen LogP contribution in [0.1, 0.15) is 36.1 Å². The number of rotatable bonds is 8. The number of nitriles is 1. The number of para-hydroxylation sites is 1. The fraction of sp³-hybridized carbons (Fsp3) is 0.341. The van der Waals surface area contributed by atoms with Crippen molar-refractivity contribution in [3.8, 4) is 12.1 Å².